The van der Waals surface area contributed by atoms with Gasteiger partial charge in [0.05, 0.1) is 13.5 Å². The molecule has 2 rings (SSSR count). The fourth-order valence-corrected chi connectivity index (χ4v) is 2.37. The summed E-state index contributed by atoms with van der Waals surface area (Å²) in [6, 6.07) is 12.9. The minimum Gasteiger partial charge on any atom is -0.496 e. The smallest absolute Gasteiger partial charge is 0.303 e. The highest BCUT2D eigenvalue weighted by Gasteiger charge is 2.07. The van der Waals surface area contributed by atoms with Crippen molar-refractivity contribution in [1.82, 2.24) is 0 Å². The summed E-state index contributed by atoms with van der Waals surface area (Å²) in [4.78, 5) is 22.7. The maximum Gasteiger partial charge on any atom is 0.303 e. The van der Waals surface area contributed by atoms with Gasteiger partial charge in [-0.15, -0.1) is 0 Å². The van der Waals surface area contributed by atoms with Crippen molar-refractivity contribution in [3.8, 4) is 5.75 Å². The second-order valence-electron chi connectivity index (χ2n) is 5.62. The minimum absolute atomic E-state index is 0.0982. The van der Waals surface area contributed by atoms with Crippen molar-refractivity contribution in [2.75, 3.05) is 12.4 Å². The molecule has 0 aliphatic carbocycles. The van der Waals surface area contributed by atoms with Gasteiger partial charge in [0.15, 0.2) is 0 Å². The van der Waals surface area contributed by atoms with E-state index in [1.54, 1.807) is 19.2 Å². The molecule has 1 amide bonds. The Morgan fingerprint density at radius 2 is 1.75 bits per heavy atom. The Bertz CT molecular complexity index is 723. The molecule has 2 aromatic carbocycles. The van der Waals surface area contributed by atoms with Crippen LogP contribution in [0.1, 0.15) is 23.1 Å². The van der Waals surface area contributed by atoms with E-state index in [-0.39, 0.29) is 18.7 Å². The maximum atomic E-state index is 12.1. The highest BCUT2D eigenvalue weighted by molar-refractivity contribution is 5.92. The number of hydrogen-bond acceptors (Lipinski definition) is 3. The number of anilines is 1. The molecular formula is C19H21NO4. The molecule has 0 aromatic heterocycles. The van der Waals surface area contributed by atoms with Crippen molar-refractivity contribution in [3.63, 3.8) is 0 Å². The van der Waals surface area contributed by atoms with E-state index in [2.05, 4.69) is 5.32 Å². The van der Waals surface area contributed by atoms with Crippen molar-refractivity contribution in [2.24, 2.45) is 0 Å². The number of ether oxygens (including phenoxy) is 1. The van der Waals surface area contributed by atoms with Crippen LogP contribution in [0.15, 0.2) is 42.5 Å². The molecule has 0 unspecified atom stereocenters. The van der Waals surface area contributed by atoms with Crippen molar-refractivity contribution in [3.05, 3.63) is 59.2 Å². The number of carboxylic acids is 1. The van der Waals surface area contributed by atoms with E-state index in [4.69, 9.17) is 9.84 Å². The Hall–Kier alpha value is -2.82. The lowest BCUT2D eigenvalue weighted by atomic mass is 10.1. The molecule has 0 aliphatic rings. The summed E-state index contributed by atoms with van der Waals surface area (Å²) in [5.74, 6) is -0.164. The van der Waals surface area contributed by atoms with Crippen LogP contribution in [0.5, 0.6) is 5.75 Å². The molecule has 0 aliphatic heterocycles. The molecule has 24 heavy (non-hydrogen) atoms. The number of hydrogen-bond donors (Lipinski definition) is 2. The number of rotatable bonds is 7. The third-order valence-electron chi connectivity index (χ3n) is 3.70. The summed E-state index contributed by atoms with van der Waals surface area (Å²) >= 11 is 0. The third-order valence-corrected chi connectivity index (χ3v) is 3.70. The molecule has 2 N–H and O–H groups in total. The zero-order chi connectivity index (χ0) is 17.5. The Morgan fingerprint density at radius 3 is 2.38 bits per heavy atom. The van der Waals surface area contributed by atoms with Crippen molar-refractivity contribution < 1.29 is 19.4 Å². The molecule has 0 spiro atoms. The molecule has 0 bridgehead atoms. The second-order valence-corrected chi connectivity index (χ2v) is 5.62. The first-order valence-corrected chi connectivity index (χ1v) is 7.72. The van der Waals surface area contributed by atoms with E-state index in [0.717, 1.165) is 22.4 Å². The number of carbonyl (C=O) groups is 2. The largest absolute Gasteiger partial charge is 0.496 e. The van der Waals surface area contributed by atoms with Crippen LogP contribution >= 0.6 is 0 Å². The summed E-state index contributed by atoms with van der Waals surface area (Å²) in [6.45, 7) is 1.95. The summed E-state index contributed by atoms with van der Waals surface area (Å²) in [5, 5.41) is 11.5. The lowest BCUT2D eigenvalue weighted by Gasteiger charge is -2.09. The summed E-state index contributed by atoms with van der Waals surface area (Å²) in [6.07, 6.45) is 0.838. The highest BCUT2D eigenvalue weighted by Crippen LogP contribution is 2.19. The fourth-order valence-electron chi connectivity index (χ4n) is 2.37. The zero-order valence-corrected chi connectivity index (χ0v) is 13.8. The van der Waals surface area contributed by atoms with Gasteiger partial charge in [-0.1, -0.05) is 24.3 Å². The van der Waals surface area contributed by atoms with Crippen molar-refractivity contribution in [2.45, 2.75) is 26.2 Å². The van der Waals surface area contributed by atoms with Gasteiger partial charge in [-0.3, -0.25) is 9.59 Å². The third kappa shape index (κ3) is 5.12. The Morgan fingerprint density at radius 1 is 1.08 bits per heavy atom. The van der Waals surface area contributed by atoms with E-state index in [1.165, 1.54) is 0 Å². The number of carbonyl (C=O) groups excluding carboxylic acids is 1. The normalized spacial score (nSPS) is 10.2. The van der Waals surface area contributed by atoms with Gasteiger partial charge in [0.2, 0.25) is 5.91 Å². The van der Waals surface area contributed by atoms with Gasteiger partial charge in [0.1, 0.15) is 5.75 Å². The standard InChI is InChI=1S/C19H21NO4/c1-13-3-4-15(11-17(13)24-2)12-18(21)20-16-8-5-14(6-9-16)7-10-19(22)23/h3-6,8-9,11H,7,10,12H2,1-2H3,(H,20,21)(H,22,23). The van der Waals surface area contributed by atoms with Crippen molar-refractivity contribution >= 4 is 17.6 Å². The molecule has 0 saturated heterocycles. The van der Waals surface area contributed by atoms with Gasteiger partial charge in [0, 0.05) is 12.1 Å². The highest BCUT2D eigenvalue weighted by atomic mass is 16.5. The number of amides is 1. The predicted molar refractivity (Wildman–Crippen MR) is 92.5 cm³/mol. The number of carboxylic acid groups (broad SMARTS) is 1. The second kappa shape index (κ2) is 8.15. The van der Waals surface area contributed by atoms with E-state index < -0.39 is 5.97 Å². The Labute approximate surface area is 141 Å². The van der Waals surface area contributed by atoms with Crippen LogP contribution < -0.4 is 10.1 Å². The first kappa shape index (κ1) is 17.5. The molecule has 0 radical (unpaired) electrons. The molecule has 0 saturated carbocycles. The molecule has 0 atom stereocenters. The molecule has 0 fully saturated rings. The lowest BCUT2D eigenvalue weighted by molar-refractivity contribution is -0.137. The van der Waals surface area contributed by atoms with Gasteiger partial charge in [-0.25, -0.2) is 0 Å². The number of aliphatic carboxylic acids is 1. The monoisotopic (exact) mass is 327 g/mol. The summed E-state index contributed by atoms with van der Waals surface area (Å²) in [7, 11) is 1.61. The van der Waals surface area contributed by atoms with Crippen LogP contribution in [0.4, 0.5) is 5.69 Å². The Kier molecular flexibility index (Phi) is 5.95. The SMILES string of the molecule is COc1cc(CC(=O)Nc2ccc(CCC(=O)O)cc2)ccc1C. The van der Waals surface area contributed by atoms with Gasteiger partial charge in [-0.05, 0) is 48.2 Å². The zero-order valence-electron chi connectivity index (χ0n) is 13.8. The van der Waals surface area contributed by atoms with Crippen molar-refractivity contribution in [1.29, 1.82) is 0 Å². The van der Waals surface area contributed by atoms with Crippen LogP contribution in [-0.4, -0.2) is 24.1 Å². The molecule has 126 valence electrons. The van der Waals surface area contributed by atoms with E-state index in [1.807, 2.05) is 37.3 Å². The van der Waals surface area contributed by atoms with Gasteiger partial charge < -0.3 is 15.2 Å². The number of methoxy groups -OCH3 is 1. The number of aryl methyl sites for hydroxylation is 2. The van der Waals surface area contributed by atoms with Gasteiger partial charge >= 0.3 is 5.97 Å². The van der Waals surface area contributed by atoms with E-state index in [9.17, 15) is 9.59 Å². The van der Waals surface area contributed by atoms with Crippen LogP contribution in [0, 0.1) is 6.92 Å². The Balaban J connectivity index is 1.93. The number of benzene rings is 2. The summed E-state index contributed by atoms with van der Waals surface area (Å²) < 4.78 is 5.26. The van der Waals surface area contributed by atoms with Gasteiger partial charge in [-0.2, -0.15) is 0 Å². The molecule has 0 heterocycles. The van der Waals surface area contributed by atoms with Crippen LogP contribution in [0.2, 0.25) is 0 Å². The first-order chi connectivity index (χ1) is 11.5. The molecular weight excluding hydrogens is 306 g/mol. The predicted octanol–water partition coefficient (Wildman–Crippen LogP) is 3.20. The van der Waals surface area contributed by atoms with Crippen LogP contribution in [0.25, 0.3) is 0 Å². The van der Waals surface area contributed by atoms with E-state index in [0.29, 0.717) is 12.1 Å². The quantitative estimate of drug-likeness (QED) is 0.819. The fraction of sp³-hybridized carbons (Fsp3) is 0.263. The molecule has 5 nitrogen and oxygen atoms in total. The molecule has 5 heteroatoms. The van der Waals surface area contributed by atoms with Crippen LogP contribution in [-0.2, 0) is 22.4 Å². The first-order valence-electron chi connectivity index (χ1n) is 7.72. The average molecular weight is 327 g/mol. The molecule has 2 aromatic rings. The average Bonchev–Trinajstić information content (AvgIpc) is 2.56. The number of nitrogens with one attached hydrogen (secondary N) is 1. The lowest BCUT2D eigenvalue weighted by Crippen LogP contribution is -2.14. The van der Waals surface area contributed by atoms with Crippen LogP contribution in [0.3, 0.4) is 0 Å². The van der Waals surface area contributed by atoms with E-state index >= 15 is 0 Å². The minimum atomic E-state index is -0.819. The summed E-state index contributed by atoms with van der Waals surface area (Å²) in [5.41, 5.74) is 3.53. The van der Waals surface area contributed by atoms with Gasteiger partial charge in [0.25, 0.3) is 0 Å². The topological polar surface area (TPSA) is 75.6 Å². The maximum absolute atomic E-state index is 12.1.